The van der Waals surface area contributed by atoms with Gasteiger partial charge >= 0.3 is 5.97 Å². The number of carbonyl (C=O) groups excluding carboxylic acids is 11. The molecule has 3 heterocycles. The van der Waals surface area contributed by atoms with Crippen LogP contribution in [0.15, 0.2) is 25.0 Å². The van der Waals surface area contributed by atoms with Gasteiger partial charge in [-0.25, -0.2) is 14.8 Å². The topological polar surface area (TPSA) is 490 Å². The maximum atomic E-state index is 14.1. The Morgan fingerprint density at radius 2 is 1.25 bits per heavy atom. The second kappa shape index (κ2) is 37.4. The number of unbranched alkanes of at least 4 members (excludes halogenated alkanes) is 4. The monoisotopic (exact) mass is 1280 g/mol. The minimum atomic E-state index is -4.84. The lowest BCUT2D eigenvalue weighted by molar-refractivity contribution is -0.158. The molecule has 32 nitrogen and oxygen atoms in total. The molecule has 3 rings (SSSR count). The molecule has 1 saturated heterocycles. The van der Waals surface area contributed by atoms with Gasteiger partial charge in [0, 0.05) is 49.6 Å². The molecule has 1 aliphatic rings. The molecule has 1 fully saturated rings. The van der Waals surface area contributed by atoms with Gasteiger partial charge in [-0.1, -0.05) is 66.2 Å². The van der Waals surface area contributed by atoms with Crippen molar-refractivity contribution in [1.29, 1.82) is 0 Å². The van der Waals surface area contributed by atoms with Crippen LogP contribution in [0.25, 0.3) is 0 Å². The summed E-state index contributed by atoms with van der Waals surface area (Å²) in [7, 11) is -4.84. The highest BCUT2D eigenvalue weighted by Crippen LogP contribution is 2.15. The third-order valence-corrected chi connectivity index (χ3v) is 14.9. The molecule has 0 saturated carbocycles. The van der Waals surface area contributed by atoms with Crippen molar-refractivity contribution in [2.45, 2.75) is 225 Å². The van der Waals surface area contributed by atoms with Crippen LogP contribution in [0.1, 0.15) is 144 Å². The van der Waals surface area contributed by atoms with Crippen LogP contribution in [0.4, 0.5) is 0 Å². The molecule has 0 aliphatic carbocycles. The van der Waals surface area contributed by atoms with Crippen LogP contribution >= 0.6 is 0 Å². The van der Waals surface area contributed by atoms with Crippen LogP contribution in [0.3, 0.4) is 0 Å². The van der Waals surface area contributed by atoms with Crippen molar-refractivity contribution in [2.24, 2.45) is 11.8 Å². The Kier molecular flexibility index (Phi) is 31.8. The van der Waals surface area contributed by atoms with Crippen LogP contribution in [-0.4, -0.2) is 204 Å². The lowest BCUT2D eigenvalue weighted by atomic mass is 10.0. The molecule has 13 atom stereocenters. The van der Waals surface area contributed by atoms with E-state index in [-0.39, 0.29) is 44.6 Å². The first kappa shape index (κ1) is 75.6. The first-order valence-electron chi connectivity index (χ1n) is 29.9. The van der Waals surface area contributed by atoms with Crippen molar-refractivity contribution in [1.82, 2.24) is 73.1 Å². The second-order valence-electron chi connectivity index (χ2n) is 23.3. The summed E-state index contributed by atoms with van der Waals surface area (Å²) in [5, 5.41) is 55.9. The Balaban J connectivity index is 1.68. The van der Waals surface area contributed by atoms with Crippen molar-refractivity contribution < 1.29 is 85.8 Å². The highest BCUT2D eigenvalue weighted by Gasteiger charge is 2.40. The Labute approximate surface area is 517 Å². The number of aromatic amines is 2. The van der Waals surface area contributed by atoms with Gasteiger partial charge in [-0.15, -0.1) is 0 Å². The first-order valence-corrected chi connectivity index (χ1v) is 31.5. The Morgan fingerprint density at radius 1 is 0.640 bits per heavy atom. The van der Waals surface area contributed by atoms with Gasteiger partial charge in [-0.3, -0.25) is 52.5 Å². The summed E-state index contributed by atoms with van der Waals surface area (Å²) in [5.74, 6) is -11.5. The van der Waals surface area contributed by atoms with Gasteiger partial charge < -0.3 is 83.2 Å². The van der Waals surface area contributed by atoms with Gasteiger partial charge in [0.25, 0.3) is 10.1 Å². The molecule has 2 aromatic rings. The summed E-state index contributed by atoms with van der Waals surface area (Å²) < 4.78 is 39.0. The molecule has 500 valence electrons. The maximum absolute atomic E-state index is 14.1. The number of carbonyl (C=O) groups is 11. The molecule has 12 unspecified atom stereocenters. The van der Waals surface area contributed by atoms with Crippen molar-refractivity contribution in [3.63, 3.8) is 0 Å². The van der Waals surface area contributed by atoms with Gasteiger partial charge in [-0.2, -0.15) is 8.42 Å². The average molecular weight is 1280 g/mol. The smallest absolute Gasteiger partial charge is 0.331 e. The van der Waals surface area contributed by atoms with Crippen LogP contribution in [0.5, 0.6) is 0 Å². The lowest BCUT2D eigenvalue weighted by Crippen LogP contribution is -2.63. The van der Waals surface area contributed by atoms with Crippen LogP contribution in [0, 0.1) is 11.8 Å². The minimum Gasteiger partial charge on any atom is -0.458 e. The number of aliphatic hydroxyl groups excluding tert-OH is 3. The zero-order valence-electron chi connectivity index (χ0n) is 51.9. The van der Waals surface area contributed by atoms with Gasteiger partial charge in [0.2, 0.25) is 59.1 Å². The van der Waals surface area contributed by atoms with E-state index in [1.165, 1.54) is 52.7 Å². The van der Waals surface area contributed by atoms with E-state index in [0.717, 1.165) is 39.0 Å². The molecule has 1 aliphatic heterocycles. The zero-order chi connectivity index (χ0) is 66.7. The van der Waals surface area contributed by atoms with E-state index in [4.69, 9.17) is 4.74 Å². The van der Waals surface area contributed by atoms with E-state index in [0.29, 0.717) is 30.1 Å². The molecule has 33 heteroatoms. The average Bonchev–Trinajstić information content (AvgIpc) is 3.88. The van der Waals surface area contributed by atoms with E-state index in [1.54, 1.807) is 13.8 Å². The molecule has 0 radical (unpaired) electrons. The number of hydrogen-bond acceptors (Lipinski definition) is 19. The standard InChI is InChI=1S/C56H92N14O18S/c1-29(2)16-13-11-10-12-14-17-38(73)23-44(75)65-42(26-89(85,86)87)53(81)66-39(20-30(3)4)50(78)59-19-15-18-43(74)64-40(21-36-24-57-27-60-36)51(79)62-31(5)48(76)68-45(33(7)71)54(82)70-47-35(9)88-56(84)46(34(8)72)69-49(77)32(6)63-52(80)41(67-55(47)83)22-37-25-58-28-61-37/h24-25,27-35,38-42,45-47,71-73H,10-23,26H2,1-9H3,(H,57,60)(H,58,61)(H,59,78)(H,62,79)(H,63,80)(H,64,74)(H,65,75)(H,66,81)(H,67,83)(H,68,76)(H,69,77)(H,70,82)(H,85,86,87)/t31?,32?,33?,34?,35?,38-,39?,40?,41?,42?,45?,46?,47?/m1/s1. The SMILES string of the molecule is CC(C)CCCCCCC[C@@H](O)CC(=O)NC(CS(=O)(=O)O)C(=O)NC(CC(C)C)C(=O)NCCCC(=O)NC(Cc1cnc[nH]1)C(=O)NC(C)C(=O)NC(C(=O)NC1C(=O)NC(Cc2cnc[nH]2)C(=O)NC(C)C(=O)NC(C(C)O)C(=O)OC1C)C(C)O. The molecular formula is C56H92N14O18S. The van der Waals surface area contributed by atoms with Gasteiger partial charge in [0.1, 0.15) is 60.2 Å². The predicted octanol–water partition coefficient (Wildman–Crippen LogP) is -3.00. The Bertz CT molecular complexity index is 2770. The molecule has 0 aromatic carbocycles. The number of aromatic nitrogens is 4. The van der Waals surface area contributed by atoms with E-state index < -0.39 is 166 Å². The molecule has 10 amide bonds. The number of aliphatic hydroxyl groups is 3. The maximum Gasteiger partial charge on any atom is 0.331 e. The van der Waals surface area contributed by atoms with Crippen molar-refractivity contribution in [3.05, 3.63) is 36.4 Å². The highest BCUT2D eigenvalue weighted by molar-refractivity contribution is 7.85. The minimum absolute atomic E-state index is 0.0213. The normalized spacial score (nSPS) is 20.3. The number of rotatable bonds is 35. The third-order valence-electron chi connectivity index (χ3n) is 14.2. The van der Waals surface area contributed by atoms with E-state index in [9.17, 15) is 81.0 Å². The van der Waals surface area contributed by atoms with E-state index in [2.05, 4.69) is 87.0 Å². The van der Waals surface area contributed by atoms with Crippen LogP contribution < -0.4 is 53.2 Å². The largest absolute Gasteiger partial charge is 0.458 e. The predicted molar refractivity (Wildman–Crippen MR) is 318 cm³/mol. The quantitative estimate of drug-likeness (QED) is 0.0186. The van der Waals surface area contributed by atoms with Gasteiger partial charge in [0.05, 0.1) is 37.4 Å². The number of cyclic esters (lactones) is 1. The lowest BCUT2D eigenvalue weighted by Gasteiger charge is -2.30. The van der Waals surface area contributed by atoms with E-state index >= 15 is 0 Å². The van der Waals surface area contributed by atoms with Crippen LogP contribution in [-0.2, 0) is 80.4 Å². The van der Waals surface area contributed by atoms with Gasteiger partial charge in [0.15, 0.2) is 6.04 Å². The third kappa shape index (κ3) is 28.2. The molecule has 0 bridgehead atoms. The van der Waals surface area contributed by atoms with Gasteiger partial charge in [-0.05, 0) is 65.7 Å². The number of ether oxygens (including phenoxy) is 1. The first-order chi connectivity index (χ1) is 41.7. The van der Waals surface area contributed by atoms with Crippen molar-refractivity contribution >= 4 is 75.2 Å². The number of esters is 1. The van der Waals surface area contributed by atoms with E-state index in [1.807, 2.05) is 0 Å². The Hall–Kier alpha value is -7.62. The van der Waals surface area contributed by atoms with Crippen molar-refractivity contribution in [2.75, 3.05) is 12.3 Å². The fourth-order valence-corrected chi connectivity index (χ4v) is 9.88. The number of nitrogens with zero attached hydrogens (tertiary/aromatic N) is 2. The summed E-state index contributed by atoms with van der Waals surface area (Å²) in [6.45, 7) is 13.6. The number of amides is 10. The Morgan fingerprint density at radius 3 is 1.83 bits per heavy atom. The zero-order valence-corrected chi connectivity index (χ0v) is 52.7. The fourth-order valence-electron chi connectivity index (χ4n) is 9.22. The molecule has 89 heavy (non-hydrogen) atoms. The number of imidazole rings is 2. The summed E-state index contributed by atoms with van der Waals surface area (Å²) >= 11 is 0. The fraction of sp³-hybridized carbons (Fsp3) is 0.696. The highest BCUT2D eigenvalue weighted by atomic mass is 32.2. The molecular weight excluding hydrogens is 1190 g/mol. The van der Waals surface area contributed by atoms with Crippen LogP contribution in [0.2, 0.25) is 0 Å². The molecule has 16 N–H and O–H groups in total. The molecule has 2 aromatic heterocycles. The summed E-state index contributed by atoms with van der Waals surface area (Å²) in [5.41, 5.74) is 0.744. The molecule has 0 spiro atoms. The van der Waals surface area contributed by atoms with Crippen molar-refractivity contribution in [3.8, 4) is 0 Å². The number of nitrogens with one attached hydrogen (secondary N) is 12. The second-order valence-corrected chi connectivity index (χ2v) is 24.8. The number of hydrogen-bond donors (Lipinski definition) is 16. The summed E-state index contributed by atoms with van der Waals surface area (Å²) in [6, 6.07) is -14.2. The summed E-state index contributed by atoms with van der Waals surface area (Å²) in [4.78, 5) is 162. The summed E-state index contributed by atoms with van der Waals surface area (Å²) in [6.07, 6.45) is 4.34. The number of H-pyrrole nitrogens is 2.